The zero-order valence-corrected chi connectivity index (χ0v) is 11.4. The Morgan fingerprint density at radius 3 is 2.75 bits per heavy atom. The number of aryl methyl sites for hydroxylation is 2. The molecule has 0 radical (unpaired) electrons. The smallest absolute Gasteiger partial charge is 0.142 e. The molecular weight excluding hydrogens is 259 g/mol. The zero-order chi connectivity index (χ0) is 14.7. The molecule has 3 N–H and O–H groups in total. The minimum atomic E-state index is -0.324. The van der Waals surface area contributed by atoms with Gasteiger partial charge in [-0.05, 0) is 31.5 Å². The fourth-order valence-corrected chi connectivity index (χ4v) is 1.99. The quantitative estimate of drug-likeness (QED) is 0.803. The van der Waals surface area contributed by atoms with Gasteiger partial charge in [0.2, 0.25) is 0 Å². The van der Waals surface area contributed by atoms with Gasteiger partial charge in [-0.1, -0.05) is 6.07 Å². The minimum absolute atomic E-state index is 0.0538. The highest BCUT2D eigenvalue weighted by Gasteiger charge is 2.11. The van der Waals surface area contributed by atoms with E-state index in [1.165, 1.54) is 18.3 Å². The maximum Gasteiger partial charge on any atom is 0.142 e. The van der Waals surface area contributed by atoms with E-state index in [2.05, 4.69) is 10.3 Å². The number of anilines is 1. The number of hydrogen-bond donors (Lipinski definition) is 3. The van der Waals surface area contributed by atoms with Crippen LogP contribution < -0.4 is 5.32 Å². The summed E-state index contributed by atoms with van der Waals surface area (Å²) in [4.78, 5) is 4.00. The van der Waals surface area contributed by atoms with E-state index in [1.54, 1.807) is 13.0 Å². The van der Waals surface area contributed by atoms with Crippen LogP contribution in [0, 0.1) is 19.7 Å². The first-order chi connectivity index (χ1) is 9.52. The Hall–Kier alpha value is -2.14. The van der Waals surface area contributed by atoms with Crippen molar-refractivity contribution in [2.45, 2.75) is 27.0 Å². The molecule has 0 unspecified atom stereocenters. The molecule has 0 spiro atoms. The molecule has 20 heavy (non-hydrogen) atoms. The van der Waals surface area contributed by atoms with E-state index in [0.717, 1.165) is 5.56 Å². The molecule has 1 aromatic heterocycles. The highest BCUT2D eigenvalue weighted by molar-refractivity contribution is 5.52. The molecule has 0 saturated carbocycles. The largest absolute Gasteiger partial charge is 0.506 e. The van der Waals surface area contributed by atoms with Crippen LogP contribution in [0.2, 0.25) is 0 Å². The average molecular weight is 276 g/mol. The lowest BCUT2D eigenvalue weighted by Crippen LogP contribution is -2.06. The lowest BCUT2D eigenvalue weighted by atomic mass is 10.1. The van der Waals surface area contributed by atoms with Crippen LogP contribution in [0.1, 0.15) is 22.4 Å². The van der Waals surface area contributed by atoms with Crippen molar-refractivity contribution in [2.24, 2.45) is 0 Å². The van der Waals surface area contributed by atoms with Gasteiger partial charge >= 0.3 is 0 Å². The second kappa shape index (κ2) is 5.88. The molecule has 0 aliphatic carbocycles. The summed E-state index contributed by atoms with van der Waals surface area (Å²) in [6.45, 7) is 3.63. The third-order valence-corrected chi connectivity index (χ3v) is 3.26. The molecule has 0 aliphatic rings. The van der Waals surface area contributed by atoms with Crippen LogP contribution in [0.4, 0.5) is 10.1 Å². The predicted molar refractivity (Wildman–Crippen MR) is 75.0 cm³/mol. The first-order valence-electron chi connectivity index (χ1n) is 6.30. The summed E-state index contributed by atoms with van der Waals surface area (Å²) in [7, 11) is 0. The van der Waals surface area contributed by atoms with Gasteiger partial charge in [0.15, 0.2) is 0 Å². The van der Waals surface area contributed by atoms with Crippen molar-refractivity contribution in [3.63, 3.8) is 0 Å². The Labute approximate surface area is 116 Å². The SMILES string of the molecule is Cc1ccc(F)cc1NCc1c(CO)cnc(C)c1O. The molecule has 0 atom stereocenters. The zero-order valence-electron chi connectivity index (χ0n) is 11.4. The molecule has 0 fully saturated rings. The van der Waals surface area contributed by atoms with Crippen LogP contribution in [0.25, 0.3) is 0 Å². The van der Waals surface area contributed by atoms with Crippen LogP contribution >= 0.6 is 0 Å². The van der Waals surface area contributed by atoms with Gasteiger partial charge in [0.1, 0.15) is 11.6 Å². The number of hydrogen-bond acceptors (Lipinski definition) is 4. The van der Waals surface area contributed by atoms with Crippen molar-refractivity contribution in [3.05, 3.63) is 52.6 Å². The van der Waals surface area contributed by atoms with E-state index in [9.17, 15) is 14.6 Å². The first-order valence-corrected chi connectivity index (χ1v) is 6.30. The highest BCUT2D eigenvalue weighted by atomic mass is 19.1. The Morgan fingerprint density at radius 1 is 1.30 bits per heavy atom. The number of aliphatic hydroxyl groups excluding tert-OH is 1. The third-order valence-electron chi connectivity index (χ3n) is 3.26. The molecule has 4 nitrogen and oxygen atoms in total. The molecular formula is C15H17FN2O2. The van der Waals surface area contributed by atoms with Crippen molar-refractivity contribution >= 4 is 5.69 Å². The number of nitrogens with zero attached hydrogens (tertiary/aromatic N) is 1. The summed E-state index contributed by atoms with van der Waals surface area (Å²) >= 11 is 0. The van der Waals surface area contributed by atoms with Gasteiger partial charge in [-0.15, -0.1) is 0 Å². The van der Waals surface area contributed by atoms with Crippen molar-refractivity contribution < 1.29 is 14.6 Å². The van der Waals surface area contributed by atoms with Gasteiger partial charge in [0, 0.05) is 29.6 Å². The normalized spacial score (nSPS) is 10.6. The van der Waals surface area contributed by atoms with E-state index in [1.807, 2.05) is 6.92 Å². The molecule has 1 heterocycles. The molecule has 0 aliphatic heterocycles. The van der Waals surface area contributed by atoms with Crippen LogP contribution in [0.5, 0.6) is 5.75 Å². The molecule has 0 saturated heterocycles. The highest BCUT2D eigenvalue weighted by Crippen LogP contribution is 2.25. The van der Waals surface area contributed by atoms with Crippen LogP contribution in [0.3, 0.4) is 0 Å². The molecule has 1 aromatic carbocycles. The minimum Gasteiger partial charge on any atom is -0.506 e. The standard InChI is InChI=1S/C15H17FN2O2/c1-9-3-4-12(16)5-14(9)18-7-13-11(8-19)6-17-10(2)15(13)20/h3-6,18-20H,7-8H2,1-2H3. The van der Waals surface area contributed by atoms with Crippen molar-refractivity contribution in [3.8, 4) is 5.75 Å². The second-order valence-corrected chi connectivity index (χ2v) is 4.67. The number of aliphatic hydroxyl groups is 1. The maximum atomic E-state index is 13.2. The third kappa shape index (κ3) is 2.88. The van der Waals surface area contributed by atoms with Crippen molar-refractivity contribution in [1.29, 1.82) is 0 Å². The van der Waals surface area contributed by atoms with Gasteiger partial charge in [-0.25, -0.2) is 4.39 Å². The fraction of sp³-hybridized carbons (Fsp3) is 0.267. The van der Waals surface area contributed by atoms with Gasteiger partial charge in [0.05, 0.1) is 12.3 Å². The molecule has 0 bridgehead atoms. The molecule has 106 valence electrons. The summed E-state index contributed by atoms with van der Waals surface area (Å²) in [6, 6.07) is 4.48. The van der Waals surface area contributed by atoms with Crippen LogP contribution in [-0.2, 0) is 13.2 Å². The average Bonchev–Trinajstić information content (AvgIpc) is 2.44. The van der Waals surface area contributed by atoms with E-state index >= 15 is 0 Å². The Balaban J connectivity index is 2.27. The molecule has 2 rings (SSSR count). The first kappa shape index (κ1) is 14.3. The Bertz CT molecular complexity index is 630. The monoisotopic (exact) mass is 276 g/mol. The van der Waals surface area contributed by atoms with Crippen molar-refractivity contribution in [1.82, 2.24) is 4.98 Å². The van der Waals surface area contributed by atoms with Crippen LogP contribution in [0.15, 0.2) is 24.4 Å². The molecule has 2 aromatic rings. The Morgan fingerprint density at radius 2 is 2.05 bits per heavy atom. The van der Waals surface area contributed by atoms with Gasteiger partial charge in [0.25, 0.3) is 0 Å². The number of aromatic nitrogens is 1. The number of benzene rings is 1. The van der Waals surface area contributed by atoms with Gasteiger partial charge in [-0.2, -0.15) is 0 Å². The van der Waals surface area contributed by atoms with E-state index < -0.39 is 0 Å². The second-order valence-electron chi connectivity index (χ2n) is 4.67. The molecule has 5 heteroatoms. The summed E-state index contributed by atoms with van der Waals surface area (Å²) in [5.41, 5.74) is 3.18. The predicted octanol–water partition coefficient (Wildman–Crippen LogP) is 2.65. The lowest BCUT2D eigenvalue weighted by Gasteiger charge is -2.14. The summed E-state index contributed by atoms with van der Waals surface area (Å²) in [5.74, 6) is -0.270. The molecule has 0 amide bonds. The van der Waals surface area contributed by atoms with E-state index in [-0.39, 0.29) is 24.7 Å². The van der Waals surface area contributed by atoms with Crippen LogP contribution in [-0.4, -0.2) is 15.2 Å². The van der Waals surface area contributed by atoms with Crippen molar-refractivity contribution in [2.75, 3.05) is 5.32 Å². The summed E-state index contributed by atoms with van der Waals surface area (Å²) in [5, 5.41) is 22.4. The number of nitrogens with one attached hydrogen (secondary N) is 1. The number of pyridine rings is 1. The number of rotatable bonds is 4. The number of halogens is 1. The van der Waals surface area contributed by atoms with E-state index in [4.69, 9.17) is 0 Å². The summed E-state index contributed by atoms with van der Waals surface area (Å²) < 4.78 is 13.2. The van der Waals surface area contributed by atoms with Gasteiger partial charge in [-0.3, -0.25) is 4.98 Å². The fourth-order valence-electron chi connectivity index (χ4n) is 1.99. The number of aromatic hydroxyl groups is 1. The van der Waals surface area contributed by atoms with Gasteiger partial charge < -0.3 is 15.5 Å². The topological polar surface area (TPSA) is 65.4 Å². The maximum absolute atomic E-state index is 13.2. The Kier molecular flexibility index (Phi) is 4.20. The lowest BCUT2D eigenvalue weighted by molar-refractivity contribution is 0.279. The van der Waals surface area contributed by atoms with E-state index in [0.29, 0.717) is 22.5 Å². The summed E-state index contributed by atoms with van der Waals surface area (Å²) in [6.07, 6.45) is 1.53.